The van der Waals surface area contributed by atoms with E-state index in [1.54, 1.807) is 0 Å². The molecule has 0 amide bonds. The fraction of sp³-hybridized carbons (Fsp3) is 0.588. The largest absolute Gasteiger partial charge is 0.292 e. The molecule has 0 saturated carbocycles. The number of halogens is 1. The fourth-order valence-corrected chi connectivity index (χ4v) is 3.28. The van der Waals surface area contributed by atoms with Crippen LogP contribution in [0.15, 0.2) is 24.3 Å². The molecule has 0 aliphatic heterocycles. The lowest BCUT2D eigenvalue weighted by molar-refractivity contribution is 0.0951. The van der Waals surface area contributed by atoms with Gasteiger partial charge in [-0.2, -0.15) is 0 Å². The molecule has 1 nitrogen and oxygen atoms in total. The quantitative estimate of drug-likeness (QED) is 0.528. The molecule has 0 N–H and O–H groups in total. The molecule has 1 aromatic carbocycles. The lowest BCUT2D eigenvalue weighted by atomic mass is 9.80. The summed E-state index contributed by atoms with van der Waals surface area (Å²) in [6.45, 7) is 2.23. The summed E-state index contributed by atoms with van der Waals surface area (Å²) in [5.74, 6) is 0.452. The maximum Gasteiger partial charge on any atom is 0.181 e. The second kappa shape index (κ2) is 7.09. The smallest absolute Gasteiger partial charge is 0.181 e. The molecule has 104 valence electrons. The number of ketones is 1. The molecule has 1 aliphatic carbocycles. The number of fused-ring (bicyclic) bond motifs is 1. The number of rotatable bonds is 6. The zero-order valence-electron chi connectivity index (χ0n) is 11.7. The van der Waals surface area contributed by atoms with Crippen molar-refractivity contribution in [1.29, 1.82) is 0 Å². The summed E-state index contributed by atoms with van der Waals surface area (Å²) in [5.41, 5.74) is 2.02. The van der Waals surface area contributed by atoms with E-state index >= 15 is 0 Å². The number of unbranched alkanes of at least 4 members (excludes halogenated alkanes) is 4. The van der Waals surface area contributed by atoms with Gasteiger partial charge in [0.1, 0.15) is 0 Å². The van der Waals surface area contributed by atoms with E-state index in [9.17, 15) is 4.79 Å². The molecular formula is C17H23ClO. The van der Waals surface area contributed by atoms with Gasteiger partial charge < -0.3 is 0 Å². The van der Waals surface area contributed by atoms with E-state index in [2.05, 4.69) is 13.0 Å². The second-order valence-corrected chi connectivity index (χ2v) is 6.06. The zero-order chi connectivity index (χ0) is 13.7. The first-order valence-corrected chi connectivity index (χ1v) is 7.94. The topological polar surface area (TPSA) is 17.1 Å². The monoisotopic (exact) mass is 278 g/mol. The molecule has 1 aromatic rings. The van der Waals surface area contributed by atoms with E-state index in [0.29, 0.717) is 5.92 Å². The molecule has 0 radical (unpaired) electrons. The lowest BCUT2D eigenvalue weighted by Crippen LogP contribution is -2.32. The van der Waals surface area contributed by atoms with E-state index < -0.39 is 0 Å². The molecule has 0 saturated heterocycles. The third-order valence-corrected chi connectivity index (χ3v) is 4.66. The SMILES string of the molecule is CCCCCCCC1Cc2ccccc2C(=O)C1Cl. The van der Waals surface area contributed by atoms with Gasteiger partial charge in [-0.3, -0.25) is 4.79 Å². The van der Waals surface area contributed by atoms with Gasteiger partial charge in [0.05, 0.1) is 5.38 Å². The van der Waals surface area contributed by atoms with Gasteiger partial charge in [-0.25, -0.2) is 0 Å². The van der Waals surface area contributed by atoms with Gasteiger partial charge in [-0.15, -0.1) is 11.6 Å². The highest BCUT2D eigenvalue weighted by atomic mass is 35.5. The van der Waals surface area contributed by atoms with Gasteiger partial charge in [0.15, 0.2) is 5.78 Å². The third-order valence-electron chi connectivity index (χ3n) is 4.11. The Bertz CT molecular complexity index is 427. The van der Waals surface area contributed by atoms with Crippen LogP contribution in [0.1, 0.15) is 61.4 Å². The molecule has 2 unspecified atom stereocenters. The van der Waals surface area contributed by atoms with E-state index in [1.165, 1.54) is 37.7 Å². The average Bonchev–Trinajstić information content (AvgIpc) is 2.44. The van der Waals surface area contributed by atoms with Crippen molar-refractivity contribution in [3.63, 3.8) is 0 Å². The van der Waals surface area contributed by atoms with Crippen molar-refractivity contribution >= 4 is 17.4 Å². The Hall–Kier alpha value is -0.820. The van der Waals surface area contributed by atoms with Crippen LogP contribution in [0, 0.1) is 5.92 Å². The lowest BCUT2D eigenvalue weighted by Gasteiger charge is -2.28. The van der Waals surface area contributed by atoms with Crippen LogP contribution in [0.2, 0.25) is 0 Å². The number of Topliss-reactive ketones (excluding diaryl/α,β-unsaturated/α-hetero) is 1. The van der Waals surface area contributed by atoms with Crippen molar-refractivity contribution in [3.8, 4) is 0 Å². The van der Waals surface area contributed by atoms with Crippen LogP contribution in [0.25, 0.3) is 0 Å². The normalized spacial score (nSPS) is 22.3. The third kappa shape index (κ3) is 3.60. The van der Waals surface area contributed by atoms with Crippen LogP contribution in [0.3, 0.4) is 0 Å². The van der Waals surface area contributed by atoms with Crippen molar-refractivity contribution in [2.75, 3.05) is 0 Å². The number of hydrogen-bond acceptors (Lipinski definition) is 1. The predicted octanol–water partition coefficient (Wildman–Crippen LogP) is 5.01. The van der Waals surface area contributed by atoms with E-state index in [4.69, 9.17) is 11.6 Å². The molecule has 0 bridgehead atoms. The van der Waals surface area contributed by atoms with Crippen LogP contribution >= 0.6 is 11.6 Å². The molecule has 2 rings (SSSR count). The number of benzene rings is 1. The van der Waals surface area contributed by atoms with Crippen molar-refractivity contribution in [2.24, 2.45) is 5.92 Å². The maximum absolute atomic E-state index is 12.2. The standard InChI is InChI=1S/C17H23ClO/c1-2-3-4-5-6-10-14-12-13-9-7-8-11-15(13)17(19)16(14)18/h7-9,11,14,16H,2-6,10,12H2,1H3. The Labute approximate surface area is 121 Å². The summed E-state index contributed by atoms with van der Waals surface area (Å²) >= 11 is 6.35. The highest BCUT2D eigenvalue weighted by molar-refractivity contribution is 6.34. The van der Waals surface area contributed by atoms with Gasteiger partial charge in [-0.1, -0.05) is 63.3 Å². The van der Waals surface area contributed by atoms with E-state index in [-0.39, 0.29) is 11.2 Å². The molecular weight excluding hydrogens is 256 g/mol. The summed E-state index contributed by atoms with van der Waals surface area (Å²) in [4.78, 5) is 12.2. The summed E-state index contributed by atoms with van der Waals surface area (Å²) in [7, 11) is 0. The van der Waals surface area contributed by atoms with Crippen molar-refractivity contribution in [2.45, 2.75) is 57.2 Å². The minimum atomic E-state index is -0.318. The molecule has 2 atom stereocenters. The molecule has 19 heavy (non-hydrogen) atoms. The Balaban J connectivity index is 1.91. The molecule has 0 spiro atoms. The highest BCUT2D eigenvalue weighted by Crippen LogP contribution is 2.32. The summed E-state index contributed by atoms with van der Waals surface area (Å²) < 4.78 is 0. The summed E-state index contributed by atoms with van der Waals surface area (Å²) in [5, 5.41) is -0.318. The Morgan fingerprint density at radius 3 is 2.68 bits per heavy atom. The molecule has 1 aliphatic rings. The number of hydrogen-bond donors (Lipinski definition) is 0. The molecule has 0 fully saturated rings. The van der Waals surface area contributed by atoms with Gasteiger partial charge in [0.2, 0.25) is 0 Å². The van der Waals surface area contributed by atoms with Crippen LogP contribution in [0.4, 0.5) is 0 Å². The number of carbonyl (C=O) groups is 1. The molecule has 0 aromatic heterocycles. The van der Waals surface area contributed by atoms with Gasteiger partial charge in [0.25, 0.3) is 0 Å². The average molecular weight is 279 g/mol. The molecule has 2 heteroatoms. The van der Waals surface area contributed by atoms with Gasteiger partial charge in [0, 0.05) is 5.56 Å². The van der Waals surface area contributed by atoms with Crippen LogP contribution < -0.4 is 0 Å². The van der Waals surface area contributed by atoms with Crippen LogP contribution in [-0.4, -0.2) is 11.2 Å². The first-order chi connectivity index (χ1) is 9.24. The van der Waals surface area contributed by atoms with Crippen LogP contribution in [0.5, 0.6) is 0 Å². The predicted molar refractivity (Wildman–Crippen MR) is 81.0 cm³/mol. The molecule has 0 heterocycles. The van der Waals surface area contributed by atoms with E-state index in [1.807, 2.05) is 18.2 Å². The van der Waals surface area contributed by atoms with E-state index in [0.717, 1.165) is 18.4 Å². The van der Waals surface area contributed by atoms with Crippen molar-refractivity contribution in [3.05, 3.63) is 35.4 Å². The number of alkyl halides is 1. The second-order valence-electron chi connectivity index (χ2n) is 5.59. The minimum Gasteiger partial charge on any atom is -0.292 e. The fourth-order valence-electron chi connectivity index (χ4n) is 2.95. The Morgan fingerprint density at radius 2 is 1.89 bits per heavy atom. The maximum atomic E-state index is 12.2. The van der Waals surface area contributed by atoms with Gasteiger partial charge >= 0.3 is 0 Å². The minimum absolute atomic E-state index is 0.127. The summed E-state index contributed by atoms with van der Waals surface area (Å²) in [6, 6.07) is 7.91. The van der Waals surface area contributed by atoms with Crippen molar-refractivity contribution < 1.29 is 4.79 Å². The Kier molecular flexibility index (Phi) is 5.45. The highest BCUT2D eigenvalue weighted by Gasteiger charge is 2.33. The first kappa shape index (κ1) is 14.6. The number of carbonyl (C=O) groups excluding carboxylic acids is 1. The van der Waals surface area contributed by atoms with Crippen molar-refractivity contribution in [1.82, 2.24) is 0 Å². The Morgan fingerprint density at radius 1 is 1.16 bits per heavy atom. The zero-order valence-corrected chi connectivity index (χ0v) is 12.5. The van der Waals surface area contributed by atoms with Crippen LogP contribution in [-0.2, 0) is 6.42 Å². The van der Waals surface area contributed by atoms with Gasteiger partial charge in [-0.05, 0) is 24.3 Å². The first-order valence-electron chi connectivity index (χ1n) is 7.50. The summed E-state index contributed by atoms with van der Waals surface area (Å²) in [6.07, 6.45) is 8.40.